The molecule has 0 amide bonds. The second kappa shape index (κ2) is 4.56. The van der Waals surface area contributed by atoms with Gasteiger partial charge in [-0.2, -0.15) is 0 Å². The van der Waals surface area contributed by atoms with Crippen LogP contribution in [0.3, 0.4) is 0 Å². The van der Waals surface area contributed by atoms with Crippen molar-refractivity contribution in [2.24, 2.45) is 0 Å². The number of rotatable bonds is 2. The Balaban J connectivity index is 1.76. The maximum absolute atomic E-state index is 5.73. The highest BCUT2D eigenvalue weighted by atomic mass is 16.5. The second-order valence-electron chi connectivity index (χ2n) is 4.83. The molecule has 16 heavy (non-hydrogen) atoms. The first-order chi connectivity index (χ1) is 7.93. The van der Waals surface area contributed by atoms with Crippen molar-refractivity contribution < 1.29 is 4.74 Å². The van der Waals surface area contributed by atoms with Crippen molar-refractivity contribution in [3.8, 4) is 0 Å². The molecule has 2 heterocycles. The van der Waals surface area contributed by atoms with Crippen LogP contribution in [0.1, 0.15) is 36.4 Å². The molecule has 1 aromatic rings. The lowest BCUT2D eigenvalue weighted by Gasteiger charge is -2.28. The van der Waals surface area contributed by atoms with Crippen molar-refractivity contribution in [3.05, 3.63) is 35.4 Å². The molecule has 1 saturated heterocycles. The summed E-state index contributed by atoms with van der Waals surface area (Å²) in [7, 11) is 0. The molecule has 2 atom stereocenters. The molecule has 0 saturated carbocycles. The Kier molecular flexibility index (Phi) is 2.94. The Morgan fingerprint density at radius 3 is 3.12 bits per heavy atom. The third kappa shape index (κ3) is 2.00. The molecule has 2 aliphatic heterocycles. The van der Waals surface area contributed by atoms with Crippen molar-refractivity contribution >= 4 is 0 Å². The van der Waals surface area contributed by atoms with E-state index in [1.807, 2.05) is 0 Å². The molecule has 2 heteroatoms. The molecule has 0 spiro atoms. The molecule has 2 unspecified atom stereocenters. The van der Waals surface area contributed by atoms with Gasteiger partial charge in [0.15, 0.2) is 0 Å². The summed E-state index contributed by atoms with van der Waals surface area (Å²) in [6.07, 6.45) is 5.25. The van der Waals surface area contributed by atoms with E-state index in [1.54, 1.807) is 0 Å². The van der Waals surface area contributed by atoms with E-state index in [4.69, 9.17) is 4.74 Å². The SMILES string of the molecule is c1ccc2c(c1)CCNC2CC1CCCO1. The minimum absolute atomic E-state index is 0.476. The maximum Gasteiger partial charge on any atom is 0.0594 e. The van der Waals surface area contributed by atoms with E-state index in [2.05, 4.69) is 29.6 Å². The second-order valence-corrected chi connectivity index (χ2v) is 4.83. The van der Waals surface area contributed by atoms with Gasteiger partial charge in [0, 0.05) is 12.6 Å². The number of nitrogens with one attached hydrogen (secondary N) is 1. The summed E-state index contributed by atoms with van der Waals surface area (Å²) in [5.74, 6) is 0. The molecule has 1 aromatic carbocycles. The molecule has 2 nitrogen and oxygen atoms in total. The number of hydrogen-bond acceptors (Lipinski definition) is 2. The molecule has 1 N–H and O–H groups in total. The zero-order valence-electron chi connectivity index (χ0n) is 9.61. The van der Waals surface area contributed by atoms with Crippen LogP contribution in [0.15, 0.2) is 24.3 Å². The topological polar surface area (TPSA) is 21.3 Å². The van der Waals surface area contributed by atoms with Gasteiger partial charge < -0.3 is 10.1 Å². The van der Waals surface area contributed by atoms with Gasteiger partial charge in [0.1, 0.15) is 0 Å². The van der Waals surface area contributed by atoms with Crippen LogP contribution in [0, 0.1) is 0 Å². The summed E-state index contributed by atoms with van der Waals surface area (Å²) in [4.78, 5) is 0. The van der Waals surface area contributed by atoms with Gasteiger partial charge in [-0.1, -0.05) is 24.3 Å². The van der Waals surface area contributed by atoms with Crippen LogP contribution in [0.4, 0.5) is 0 Å². The van der Waals surface area contributed by atoms with Gasteiger partial charge in [-0.3, -0.25) is 0 Å². The van der Waals surface area contributed by atoms with E-state index in [-0.39, 0.29) is 0 Å². The average Bonchev–Trinajstić information content (AvgIpc) is 2.82. The lowest BCUT2D eigenvalue weighted by Crippen LogP contribution is -2.32. The van der Waals surface area contributed by atoms with Gasteiger partial charge in [0.05, 0.1) is 6.10 Å². The molecule has 2 aliphatic rings. The zero-order valence-corrected chi connectivity index (χ0v) is 9.61. The number of fused-ring (bicyclic) bond motifs is 1. The molecule has 0 aromatic heterocycles. The summed E-state index contributed by atoms with van der Waals surface area (Å²) in [6.45, 7) is 2.06. The minimum atomic E-state index is 0.476. The smallest absolute Gasteiger partial charge is 0.0594 e. The molecule has 86 valence electrons. The van der Waals surface area contributed by atoms with Crippen LogP contribution >= 0.6 is 0 Å². The van der Waals surface area contributed by atoms with Crippen LogP contribution in [-0.2, 0) is 11.2 Å². The number of benzene rings is 1. The third-order valence-corrected chi connectivity index (χ3v) is 3.74. The molecule has 3 rings (SSSR count). The van der Waals surface area contributed by atoms with Crippen LogP contribution in [0.5, 0.6) is 0 Å². The summed E-state index contributed by atoms with van der Waals surface area (Å²) in [5, 5.41) is 3.62. The summed E-state index contributed by atoms with van der Waals surface area (Å²) >= 11 is 0. The third-order valence-electron chi connectivity index (χ3n) is 3.74. The largest absolute Gasteiger partial charge is 0.378 e. The molecule has 1 fully saturated rings. The normalized spacial score (nSPS) is 29.0. The van der Waals surface area contributed by atoms with Crippen LogP contribution in [0.2, 0.25) is 0 Å². The predicted octanol–water partition coefficient (Wildman–Crippen LogP) is 2.44. The monoisotopic (exact) mass is 217 g/mol. The summed E-state index contributed by atoms with van der Waals surface area (Å²) < 4.78 is 5.73. The van der Waals surface area contributed by atoms with E-state index in [1.165, 1.54) is 24.0 Å². The Morgan fingerprint density at radius 1 is 1.31 bits per heavy atom. The quantitative estimate of drug-likeness (QED) is 0.821. The van der Waals surface area contributed by atoms with E-state index in [0.29, 0.717) is 12.1 Å². The van der Waals surface area contributed by atoms with Crippen LogP contribution in [-0.4, -0.2) is 19.3 Å². The van der Waals surface area contributed by atoms with Gasteiger partial charge in [-0.25, -0.2) is 0 Å². The highest BCUT2D eigenvalue weighted by Gasteiger charge is 2.24. The van der Waals surface area contributed by atoms with Crippen molar-refractivity contribution in [1.82, 2.24) is 5.32 Å². The molecular weight excluding hydrogens is 198 g/mol. The zero-order chi connectivity index (χ0) is 10.8. The molecule has 0 bridgehead atoms. The highest BCUT2D eigenvalue weighted by Crippen LogP contribution is 2.29. The summed E-state index contributed by atoms with van der Waals surface area (Å²) in [6, 6.07) is 9.33. The Morgan fingerprint density at radius 2 is 2.25 bits per heavy atom. The fourth-order valence-corrected chi connectivity index (χ4v) is 2.90. The van der Waals surface area contributed by atoms with E-state index in [9.17, 15) is 0 Å². The fraction of sp³-hybridized carbons (Fsp3) is 0.571. The van der Waals surface area contributed by atoms with Crippen LogP contribution in [0.25, 0.3) is 0 Å². The fourth-order valence-electron chi connectivity index (χ4n) is 2.90. The molecule has 0 aliphatic carbocycles. The standard InChI is InChI=1S/C14H19NO/c1-2-6-13-11(4-1)7-8-15-14(13)10-12-5-3-9-16-12/h1-2,4,6,12,14-15H,3,5,7-10H2. The van der Waals surface area contributed by atoms with Crippen molar-refractivity contribution in [2.45, 2.75) is 37.8 Å². The van der Waals surface area contributed by atoms with E-state index < -0.39 is 0 Å². The number of ether oxygens (including phenoxy) is 1. The van der Waals surface area contributed by atoms with Crippen molar-refractivity contribution in [1.29, 1.82) is 0 Å². The Labute approximate surface area is 97.0 Å². The van der Waals surface area contributed by atoms with Crippen molar-refractivity contribution in [2.75, 3.05) is 13.2 Å². The van der Waals surface area contributed by atoms with Gasteiger partial charge in [-0.15, -0.1) is 0 Å². The maximum atomic E-state index is 5.73. The first kappa shape index (κ1) is 10.3. The van der Waals surface area contributed by atoms with Gasteiger partial charge in [-0.05, 0) is 43.4 Å². The number of hydrogen-bond donors (Lipinski definition) is 1. The molecular formula is C14H19NO. The highest BCUT2D eigenvalue weighted by molar-refractivity contribution is 5.32. The Bertz CT molecular complexity index is 358. The molecule has 0 radical (unpaired) electrons. The van der Waals surface area contributed by atoms with Gasteiger partial charge in [0.25, 0.3) is 0 Å². The van der Waals surface area contributed by atoms with Crippen LogP contribution < -0.4 is 5.32 Å². The van der Waals surface area contributed by atoms with Crippen molar-refractivity contribution in [3.63, 3.8) is 0 Å². The Hall–Kier alpha value is -0.860. The van der Waals surface area contributed by atoms with Gasteiger partial charge in [0.2, 0.25) is 0 Å². The summed E-state index contributed by atoms with van der Waals surface area (Å²) in [5.41, 5.74) is 3.01. The average molecular weight is 217 g/mol. The first-order valence-corrected chi connectivity index (χ1v) is 6.36. The van der Waals surface area contributed by atoms with E-state index in [0.717, 1.165) is 26.0 Å². The predicted molar refractivity (Wildman–Crippen MR) is 64.5 cm³/mol. The first-order valence-electron chi connectivity index (χ1n) is 6.36. The van der Waals surface area contributed by atoms with E-state index >= 15 is 0 Å². The minimum Gasteiger partial charge on any atom is -0.378 e. The lowest BCUT2D eigenvalue weighted by atomic mass is 9.90. The lowest BCUT2D eigenvalue weighted by molar-refractivity contribution is 0.0939. The van der Waals surface area contributed by atoms with Gasteiger partial charge >= 0.3 is 0 Å².